The lowest BCUT2D eigenvalue weighted by atomic mass is 9.91. The summed E-state index contributed by atoms with van der Waals surface area (Å²) in [5.41, 5.74) is 4.45. The van der Waals surface area contributed by atoms with Gasteiger partial charge in [0.1, 0.15) is 11.9 Å². The van der Waals surface area contributed by atoms with E-state index in [1.807, 2.05) is 91.9 Å². The van der Waals surface area contributed by atoms with E-state index in [0.717, 1.165) is 22.4 Å². The van der Waals surface area contributed by atoms with E-state index >= 15 is 0 Å². The highest BCUT2D eigenvalue weighted by atomic mass is 16.5. The predicted molar refractivity (Wildman–Crippen MR) is 100 cm³/mol. The fourth-order valence-corrected chi connectivity index (χ4v) is 2.94. The molecule has 26 heavy (non-hydrogen) atoms. The Morgan fingerprint density at radius 2 is 1.31 bits per heavy atom. The van der Waals surface area contributed by atoms with Gasteiger partial charge in [-0.2, -0.15) is 0 Å². The molecule has 0 aliphatic rings. The normalized spacial score (nSPS) is 12.8. The topological polar surface area (TPSA) is 58.6 Å². The molecule has 0 aromatic heterocycles. The summed E-state index contributed by atoms with van der Waals surface area (Å²) in [6.07, 6.45) is -0.0762. The number of amides is 1. The highest BCUT2D eigenvalue weighted by molar-refractivity contribution is 5.86. The molecule has 0 aliphatic heterocycles. The third kappa shape index (κ3) is 4.10. The van der Waals surface area contributed by atoms with Gasteiger partial charge in [-0.25, -0.2) is 5.48 Å². The Balaban J connectivity index is 1.80. The second-order valence-corrected chi connectivity index (χ2v) is 6.06. The molecule has 0 aliphatic carbocycles. The highest BCUT2D eigenvalue weighted by Crippen LogP contribution is 2.28. The van der Waals surface area contributed by atoms with Crippen LogP contribution in [0.5, 0.6) is 5.75 Å². The van der Waals surface area contributed by atoms with Crippen molar-refractivity contribution in [2.24, 2.45) is 0 Å². The van der Waals surface area contributed by atoms with Gasteiger partial charge in [-0.3, -0.25) is 10.0 Å². The molecule has 0 spiro atoms. The predicted octanol–water partition coefficient (Wildman–Crippen LogP) is 4.46. The number of carbonyl (C=O) groups excluding carboxylic acids is 1. The molecule has 2 unspecified atom stereocenters. The zero-order chi connectivity index (χ0) is 18.4. The van der Waals surface area contributed by atoms with Crippen LogP contribution in [-0.2, 0) is 4.79 Å². The van der Waals surface area contributed by atoms with Gasteiger partial charge in [0.15, 0.2) is 0 Å². The largest absolute Gasteiger partial charge is 0.486 e. The number of carbonyl (C=O) groups is 1. The summed E-state index contributed by atoms with van der Waals surface area (Å²) < 4.78 is 5.98. The molecule has 0 saturated heterocycles. The van der Waals surface area contributed by atoms with E-state index in [0.29, 0.717) is 0 Å². The van der Waals surface area contributed by atoms with Crippen LogP contribution in [0.2, 0.25) is 0 Å². The molecule has 0 heterocycles. The Hall–Kier alpha value is -3.11. The first-order chi connectivity index (χ1) is 12.7. The fraction of sp³-hybridized carbons (Fsp3) is 0.136. The average molecular weight is 347 g/mol. The van der Waals surface area contributed by atoms with Crippen LogP contribution in [0.15, 0.2) is 84.9 Å². The second kappa shape index (κ2) is 8.32. The maximum Gasteiger partial charge on any atom is 0.255 e. The van der Waals surface area contributed by atoms with Crippen LogP contribution in [0.3, 0.4) is 0 Å². The van der Waals surface area contributed by atoms with Crippen molar-refractivity contribution in [1.29, 1.82) is 0 Å². The van der Waals surface area contributed by atoms with Crippen LogP contribution in [0.4, 0.5) is 0 Å². The van der Waals surface area contributed by atoms with Gasteiger partial charge >= 0.3 is 0 Å². The summed E-state index contributed by atoms with van der Waals surface area (Å²) in [5, 5.41) is 9.10. The number of nitrogens with one attached hydrogen (secondary N) is 1. The molecule has 3 aromatic carbocycles. The van der Waals surface area contributed by atoms with Gasteiger partial charge in [-0.1, -0.05) is 72.8 Å². The molecule has 0 bridgehead atoms. The molecule has 4 nitrogen and oxygen atoms in total. The monoisotopic (exact) mass is 347 g/mol. The third-order valence-electron chi connectivity index (χ3n) is 4.30. The lowest BCUT2D eigenvalue weighted by Gasteiger charge is -2.18. The Morgan fingerprint density at radius 1 is 0.808 bits per heavy atom. The van der Waals surface area contributed by atoms with Crippen LogP contribution >= 0.6 is 0 Å². The van der Waals surface area contributed by atoms with E-state index in [1.165, 1.54) is 0 Å². The maximum atomic E-state index is 12.2. The number of hydrogen-bond acceptors (Lipinski definition) is 3. The second-order valence-electron chi connectivity index (χ2n) is 6.06. The Kier molecular flexibility index (Phi) is 5.66. The van der Waals surface area contributed by atoms with Crippen molar-refractivity contribution in [3.8, 4) is 5.75 Å². The van der Waals surface area contributed by atoms with Gasteiger partial charge in [0.05, 0.1) is 5.92 Å². The Bertz CT molecular complexity index is 832. The van der Waals surface area contributed by atoms with E-state index in [4.69, 9.17) is 9.94 Å². The smallest absolute Gasteiger partial charge is 0.255 e. The van der Waals surface area contributed by atoms with Crippen molar-refractivity contribution in [2.45, 2.75) is 18.9 Å². The summed E-state index contributed by atoms with van der Waals surface area (Å²) in [6.45, 7) is 2.00. The first-order valence-electron chi connectivity index (χ1n) is 8.49. The number of hydrogen-bond donors (Lipinski definition) is 2. The Morgan fingerprint density at radius 3 is 1.85 bits per heavy atom. The minimum Gasteiger partial charge on any atom is -0.486 e. The lowest BCUT2D eigenvalue weighted by molar-refractivity contribution is -0.129. The zero-order valence-corrected chi connectivity index (χ0v) is 14.5. The number of benzene rings is 3. The number of ether oxygens (including phenoxy) is 1. The van der Waals surface area contributed by atoms with E-state index < -0.39 is 11.8 Å². The van der Waals surface area contributed by atoms with Crippen molar-refractivity contribution >= 4 is 5.91 Å². The molecule has 0 radical (unpaired) electrons. The summed E-state index contributed by atoms with van der Waals surface area (Å²) in [5.74, 6) is -0.328. The van der Waals surface area contributed by atoms with Crippen LogP contribution in [0.25, 0.3) is 0 Å². The fourth-order valence-electron chi connectivity index (χ4n) is 2.94. The van der Waals surface area contributed by atoms with Crippen LogP contribution in [0.1, 0.15) is 35.6 Å². The number of rotatable bonds is 6. The summed E-state index contributed by atoms with van der Waals surface area (Å²) in [6, 6.07) is 26.7. The molecule has 0 saturated carbocycles. The van der Waals surface area contributed by atoms with Gasteiger partial charge in [-0.15, -0.1) is 0 Å². The summed E-state index contributed by atoms with van der Waals surface area (Å²) >= 11 is 0. The Labute approximate surface area is 153 Å². The minimum atomic E-state index is -0.582. The molecule has 2 N–H and O–H groups in total. The van der Waals surface area contributed by atoms with Crippen molar-refractivity contribution < 1.29 is 14.7 Å². The van der Waals surface area contributed by atoms with E-state index in [1.54, 1.807) is 5.48 Å². The van der Waals surface area contributed by atoms with Crippen LogP contribution in [-0.4, -0.2) is 11.1 Å². The van der Waals surface area contributed by atoms with Gasteiger partial charge in [0.2, 0.25) is 0 Å². The van der Waals surface area contributed by atoms with Crippen molar-refractivity contribution in [3.63, 3.8) is 0 Å². The third-order valence-corrected chi connectivity index (χ3v) is 4.30. The number of hydroxylamine groups is 1. The van der Waals surface area contributed by atoms with Gasteiger partial charge in [0.25, 0.3) is 5.91 Å². The van der Waals surface area contributed by atoms with Gasteiger partial charge < -0.3 is 4.74 Å². The van der Waals surface area contributed by atoms with E-state index in [9.17, 15) is 4.79 Å². The van der Waals surface area contributed by atoms with E-state index in [2.05, 4.69) is 0 Å². The molecule has 1 amide bonds. The van der Waals surface area contributed by atoms with Crippen LogP contribution < -0.4 is 10.2 Å². The summed E-state index contributed by atoms with van der Waals surface area (Å²) in [4.78, 5) is 12.2. The van der Waals surface area contributed by atoms with Crippen LogP contribution in [0, 0.1) is 0 Å². The first kappa shape index (κ1) is 17.7. The zero-order valence-electron chi connectivity index (χ0n) is 14.5. The van der Waals surface area contributed by atoms with E-state index in [-0.39, 0.29) is 6.10 Å². The van der Waals surface area contributed by atoms with Gasteiger partial charge in [0, 0.05) is 0 Å². The van der Waals surface area contributed by atoms with Crippen molar-refractivity contribution in [1.82, 2.24) is 5.48 Å². The van der Waals surface area contributed by atoms with Gasteiger partial charge in [-0.05, 0) is 35.7 Å². The molecular weight excluding hydrogens is 326 g/mol. The molecule has 2 atom stereocenters. The molecular formula is C22H21NO3. The standard InChI is InChI=1S/C22H21NO3/c1-16(17-8-4-2-5-9-17)26-20-14-12-19(13-15-20)21(22(24)23-25)18-10-6-3-7-11-18/h2-16,21,25H,1H3,(H,23,24). The SMILES string of the molecule is CC(Oc1ccc(C(C(=O)NO)c2ccccc2)cc1)c1ccccc1. The molecule has 132 valence electrons. The molecule has 3 rings (SSSR count). The lowest BCUT2D eigenvalue weighted by Crippen LogP contribution is -2.27. The molecule has 3 aromatic rings. The molecule has 4 heteroatoms. The molecule has 0 fully saturated rings. The minimum absolute atomic E-state index is 0.0762. The maximum absolute atomic E-state index is 12.2. The summed E-state index contributed by atoms with van der Waals surface area (Å²) in [7, 11) is 0. The quantitative estimate of drug-likeness (QED) is 0.511. The average Bonchev–Trinajstić information content (AvgIpc) is 2.71. The van der Waals surface area contributed by atoms with Crippen molar-refractivity contribution in [3.05, 3.63) is 102 Å². The highest BCUT2D eigenvalue weighted by Gasteiger charge is 2.22. The van der Waals surface area contributed by atoms with Crippen molar-refractivity contribution in [2.75, 3.05) is 0 Å². The first-order valence-corrected chi connectivity index (χ1v) is 8.49.